The number of aliphatic imine (C=N–C) groups is 1. The van der Waals surface area contributed by atoms with Gasteiger partial charge in [-0.05, 0) is 12.1 Å². The number of cyclic esters (lactones) is 1. The molecule has 1 unspecified atom stereocenters. The van der Waals surface area contributed by atoms with E-state index in [-0.39, 0.29) is 12.0 Å². The van der Waals surface area contributed by atoms with Gasteiger partial charge in [0.1, 0.15) is 18.1 Å². The van der Waals surface area contributed by atoms with Crippen molar-refractivity contribution in [3.63, 3.8) is 0 Å². The highest BCUT2D eigenvalue weighted by molar-refractivity contribution is 5.83. The van der Waals surface area contributed by atoms with E-state index in [4.69, 9.17) is 13.9 Å². The SMILES string of the molecule is COCc1ccc(C=NC2CCOC2=O)o1. The number of carbonyl (C=O) groups is 1. The molecule has 16 heavy (non-hydrogen) atoms. The monoisotopic (exact) mass is 223 g/mol. The molecule has 5 nitrogen and oxygen atoms in total. The van der Waals surface area contributed by atoms with Gasteiger partial charge in [-0.3, -0.25) is 4.99 Å². The van der Waals surface area contributed by atoms with Crippen LogP contribution in [0.4, 0.5) is 0 Å². The molecule has 0 radical (unpaired) electrons. The molecule has 1 aromatic rings. The van der Waals surface area contributed by atoms with Crippen LogP contribution in [-0.4, -0.2) is 31.9 Å². The number of hydrogen-bond acceptors (Lipinski definition) is 5. The predicted octanol–water partition coefficient (Wildman–Crippen LogP) is 1.16. The molecule has 2 heterocycles. The van der Waals surface area contributed by atoms with Crippen molar-refractivity contribution < 1.29 is 18.7 Å². The fraction of sp³-hybridized carbons (Fsp3) is 0.455. The highest BCUT2D eigenvalue weighted by atomic mass is 16.5. The number of hydrogen-bond donors (Lipinski definition) is 0. The van der Waals surface area contributed by atoms with E-state index in [2.05, 4.69) is 4.99 Å². The minimum absolute atomic E-state index is 0.264. The summed E-state index contributed by atoms with van der Waals surface area (Å²) in [6, 6.07) is 3.23. The maximum Gasteiger partial charge on any atom is 0.330 e. The molecule has 0 saturated carbocycles. The number of nitrogens with zero attached hydrogens (tertiary/aromatic N) is 1. The summed E-state index contributed by atoms with van der Waals surface area (Å²) < 4.78 is 15.1. The molecule has 1 aromatic heterocycles. The summed E-state index contributed by atoms with van der Waals surface area (Å²) in [7, 11) is 1.60. The maximum atomic E-state index is 11.1. The van der Waals surface area contributed by atoms with E-state index in [1.54, 1.807) is 19.4 Å². The van der Waals surface area contributed by atoms with Crippen molar-refractivity contribution in [3.8, 4) is 0 Å². The Morgan fingerprint density at radius 2 is 2.50 bits per heavy atom. The second kappa shape index (κ2) is 4.94. The van der Waals surface area contributed by atoms with Gasteiger partial charge in [0.2, 0.25) is 0 Å². The Morgan fingerprint density at radius 1 is 1.62 bits per heavy atom. The van der Waals surface area contributed by atoms with Crippen LogP contribution < -0.4 is 0 Å². The van der Waals surface area contributed by atoms with Crippen molar-refractivity contribution in [2.24, 2.45) is 4.99 Å². The van der Waals surface area contributed by atoms with Crippen molar-refractivity contribution in [3.05, 3.63) is 23.7 Å². The minimum atomic E-state index is -0.379. The molecule has 1 aliphatic rings. The number of methoxy groups -OCH3 is 1. The molecule has 0 N–H and O–H groups in total. The third kappa shape index (κ3) is 2.49. The first kappa shape index (κ1) is 10.9. The standard InChI is InChI=1S/C11H13NO4/c1-14-7-9-3-2-8(16-9)6-12-10-4-5-15-11(10)13/h2-3,6,10H,4-5,7H2,1H3. The van der Waals surface area contributed by atoms with Crippen molar-refractivity contribution in [1.29, 1.82) is 0 Å². The molecule has 0 bridgehead atoms. The highest BCUT2D eigenvalue weighted by Crippen LogP contribution is 2.11. The topological polar surface area (TPSA) is 61.0 Å². The van der Waals surface area contributed by atoms with Crippen LogP contribution in [0.15, 0.2) is 21.5 Å². The van der Waals surface area contributed by atoms with Crippen LogP contribution in [-0.2, 0) is 20.9 Å². The lowest BCUT2D eigenvalue weighted by atomic mass is 10.3. The third-order valence-corrected chi connectivity index (χ3v) is 2.26. The first-order valence-electron chi connectivity index (χ1n) is 5.07. The molecular weight excluding hydrogens is 210 g/mol. The second-order valence-corrected chi connectivity index (χ2v) is 3.49. The molecule has 0 aromatic carbocycles. The van der Waals surface area contributed by atoms with Gasteiger partial charge in [0.05, 0.1) is 12.8 Å². The van der Waals surface area contributed by atoms with Crippen molar-refractivity contribution >= 4 is 12.2 Å². The Kier molecular flexibility index (Phi) is 3.36. The van der Waals surface area contributed by atoms with Gasteiger partial charge in [-0.25, -0.2) is 4.79 Å². The fourth-order valence-corrected chi connectivity index (χ4v) is 1.47. The zero-order chi connectivity index (χ0) is 11.4. The lowest BCUT2D eigenvalue weighted by molar-refractivity contribution is -0.138. The molecular formula is C11H13NO4. The van der Waals surface area contributed by atoms with E-state index < -0.39 is 0 Å². The molecule has 0 amide bonds. The zero-order valence-electron chi connectivity index (χ0n) is 9.01. The molecule has 0 spiro atoms. The van der Waals surface area contributed by atoms with Gasteiger partial charge in [0, 0.05) is 13.5 Å². The largest absolute Gasteiger partial charge is 0.464 e. The summed E-state index contributed by atoms with van der Waals surface area (Å²) in [5.74, 6) is 1.09. The Bertz CT molecular complexity index is 396. The Labute approximate surface area is 93.1 Å². The van der Waals surface area contributed by atoms with E-state index in [1.807, 2.05) is 6.07 Å². The van der Waals surface area contributed by atoms with Crippen molar-refractivity contribution in [2.75, 3.05) is 13.7 Å². The lowest BCUT2D eigenvalue weighted by Gasteiger charge is -1.95. The van der Waals surface area contributed by atoms with Gasteiger partial charge < -0.3 is 13.9 Å². The van der Waals surface area contributed by atoms with Crippen LogP contribution >= 0.6 is 0 Å². The van der Waals surface area contributed by atoms with E-state index in [9.17, 15) is 4.79 Å². The molecule has 86 valence electrons. The number of carbonyl (C=O) groups excluding carboxylic acids is 1. The van der Waals surface area contributed by atoms with Crippen molar-refractivity contribution in [1.82, 2.24) is 0 Å². The van der Waals surface area contributed by atoms with Crippen LogP contribution in [0.25, 0.3) is 0 Å². The highest BCUT2D eigenvalue weighted by Gasteiger charge is 2.24. The van der Waals surface area contributed by atoms with E-state index in [0.29, 0.717) is 25.4 Å². The van der Waals surface area contributed by atoms with Gasteiger partial charge in [0.25, 0.3) is 0 Å². The van der Waals surface area contributed by atoms with Gasteiger partial charge >= 0.3 is 5.97 Å². The normalized spacial score (nSPS) is 20.6. The summed E-state index contributed by atoms with van der Waals surface area (Å²) in [6.07, 6.45) is 2.19. The fourth-order valence-electron chi connectivity index (χ4n) is 1.47. The average Bonchev–Trinajstić information content (AvgIpc) is 2.86. The van der Waals surface area contributed by atoms with E-state index in [0.717, 1.165) is 5.76 Å². The third-order valence-electron chi connectivity index (χ3n) is 2.26. The summed E-state index contributed by atoms with van der Waals surface area (Å²) in [4.78, 5) is 15.2. The van der Waals surface area contributed by atoms with Gasteiger partial charge in [-0.1, -0.05) is 0 Å². The average molecular weight is 223 g/mol. The minimum Gasteiger partial charge on any atom is -0.464 e. The summed E-state index contributed by atoms with van der Waals surface area (Å²) in [6.45, 7) is 0.882. The van der Waals surface area contributed by atoms with Crippen LogP contribution in [0.3, 0.4) is 0 Å². The quantitative estimate of drug-likeness (QED) is 0.567. The van der Waals surface area contributed by atoms with Gasteiger partial charge in [-0.2, -0.15) is 0 Å². The lowest BCUT2D eigenvalue weighted by Crippen LogP contribution is -2.11. The van der Waals surface area contributed by atoms with Crippen LogP contribution in [0.5, 0.6) is 0 Å². The maximum absolute atomic E-state index is 11.1. The molecule has 2 rings (SSSR count). The smallest absolute Gasteiger partial charge is 0.330 e. The first-order chi connectivity index (χ1) is 7.79. The Hall–Kier alpha value is -1.62. The molecule has 1 aliphatic heterocycles. The summed E-state index contributed by atoms with van der Waals surface area (Å²) in [5.41, 5.74) is 0. The molecule has 5 heteroatoms. The van der Waals surface area contributed by atoms with E-state index >= 15 is 0 Å². The van der Waals surface area contributed by atoms with Crippen molar-refractivity contribution in [2.45, 2.75) is 19.1 Å². The Morgan fingerprint density at radius 3 is 3.19 bits per heavy atom. The summed E-state index contributed by atoms with van der Waals surface area (Å²) >= 11 is 0. The second-order valence-electron chi connectivity index (χ2n) is 3.49. The van der Waals surface area contributed by atoms with Crippen LogP contribution in [0.1, 0.15) is 17.9 Å². The number of esters is 1. The number of ether oxygens (including phenoxy) is 2. The molecule has 1 atom stereocenters. The zero-order valence-corrected chi connectivity index (χ0v) is 9.01. The number of rotatable bonds is 4. The predicted molar refractivity (Wildman–Crippen MR) is 56.4 cm³/mol. The molecule has 1 saturated heterocycles. The molecule has 0 aliphatic carbocycles. The van der Waals surface area contributed by atoms with Gasteiger partial charge in [-0.15, -0.1) is 0 Å². The molecule has 1 fully saturated rings. The first-order valence-corrected chi connectivity index (χ1v) is 5.07. The van der Waals surface area contributed by atoms with Crippen LogP contribution in [0.2, 0.25) is 0 Å². The summed E-state index contributed by atoms with van der Waals surface area (Å²) in [5, 5.41) is 0. The van der Waals surface area contributed by atoms with Crippen LogP contribution in [0, 0.1) is 0 Å². The van der Waals surface area contributed by atoms with E-state index in [1.165, 1.54) is 0 Å². The van der Waals surface area contributed by atoms with Gasteiger partial charge in [0.15, 0.2) is 6.04 Å². The number of furan rings is 1. The Balaban J connectivity index is 1.97.